The van der Waals surface area contributed by atoms with Gasteiger partial charge in [0.25, 0.3) is 0 Å². The van der Waals surface area contributed by atoms with Crippen LogP contribution in [0.25, 0.3) is 0 Å². The van der Waals surface area contributed by atoms with Crippen LogP contribution in [0.4, 0.5) is 4.39 Å². The number of hydrogen-bond acceptors (Lipinski definition) is 4. The highest BCUT2D eigenvalue weighted by atomic mass is 35.5. The first-order valence-corrected chi connectivity index (χ1v) is 8.91. The summed E-state index contributed by atoms with van der Waals surface area (Å²) < 4.78 is 25.7. The Labute approximate surface area is 157 Å². The van der Waals surface area contributed by atoms with Crippen LogP contribution >= 0.6 is 11.6 Å². The van der Waals surface area contributed by atoms with Crippen molar-refractivity contribution in [3.63, 3.8) is 0 Å². The normalized spacial score (nSPS) is 12.7. The Kier molecular flexibility index (Phi) is 6.64. The summed E-state index contributed by atoms with van der Waals surface area (Å²) in [4.78, 5) is 12.4. The molecule has 0 saturated heterocycles. The van der Waals surface area contributed by atoms with Crippen LogP contribution in [0.5, 0.6) is 11.5 Å². The van der Waals surface area contributed by atoms with Gasteiger partial charge in [0.15, 0.2) is 5.75 Å². The average molecular weight is 383 g/mol. The Morgan fingerprint density at radius 3 is 2.65 bits per heavy atom. The molecule has 0 aliphatic heterocycles. The second-order valence-corrected chi connectivity index (χ2v) is 7.35. The molecule has 1 heterocycles. The van der Waals surface area contributed by atoms with Gasteiger partial charge >= 0.3 is 5.56 Å². The molecule has 0 fully saturated rings. The van der Waals surface area contributed by atoms with E-state index in [4.69, 9.17) is 21.1 Å². The van der Waals surface area contributed by atoms with Crippen molar-refractivity contribution in [3.05, 3.63) is 51.4 Å². The summed E-state index contributed by atoms with van der Waals surface area (Å²) in [5.74, 6) is 0.553. The van der Waals surface area contributed by atoms with Crippen molar-refractivity contribution in [2.24, 2.45) is 0 Å². The predicted octanol–water partition coefficient (Wildman–Crippen LogP) is 4.71. The van der Waals surface area contributed by atoms with E-state index in [2.05, 4.69) is 5.10 Å². The lowest BCUT2D eigenvalue weighted by atomic mass is 10.1. The van der Waals surface area contributed by atoms with Gasteiger partial charge in [0.05, 0.1) is 16.8 Å². The van der Waals surface area contributed by atoms with Gasteiger partial charge in [-0.05, 0) is 39.3 Å². The van der Waals surface area contributed by atoms with Gasteiger partial charge in [-0.2, -0.15) is 5.10 Å². The molecule has 0 bridgehead atoms. The highest BCUT2D eigenvalue weighted by molar-refractivity contribution is 6.31. The third kappa shape index (κ3) is 5.21. The van der Waals surface area contributed by atoms with Gasteiger partial charge in [-0.25, -0.2) is 9.07 Å². The fourth-order valence-corrected chi connectivity index (χ4v) is 2.52. The molecule has 142 valence electrons. The first kappa shape index (κ1) is 20.2. The Bertz CT molecular complexity index is 802. The second kappa shape index (κ2) is 8.54. The van der Waals surface area contributed by atoms with Crippen molar-refractivity contribution in [1.29, 1.82) is 0 Å². The average Bonchev–Trinajstić information content (AvgIpc) is 2.54. The molecule has 1 aromatic heterocycles. The van der Waals surface area contributed by atoms with E-state index < -0.39 is 11.9 Å². The lowest BCUT2D eigenvalue weighted by Crippen LogP contribution is -2.36. The standard InChI is InChI=1S/C19H24ClFN2O3/c1-5-6-17(21)26-14-8-7-13(15(20)11-14)12-25-16-9-10-22-23(18(16)24)19(2,3)4/h7-11,17H,5-6,12H2,1-4H3. The van der Waals surface area contributed by atoms with Crippen LogP contribution in [-0.4, -0.2) is 16.1 Å². The van der Waals surface area contributed by atoms with Crippen molar-refractivity contribution >= 4 is 11.6 Å². The van der Waals surface area contributed by atoms with Crippen molar-refractivity contribution in [2.45, 2.75) is 59.0 Å². The molecular weight excluding hydrogens is 359 g/mol. The van der Waals surface area contributed by atoms with E-state index in [-0.39, 0.29) is 17.9 Å². The fraction of sp³-hybridized carbons (Fsp3) is 0.474. The number of aromatic nitrogens is 2. The van der Waals surface area contributed by atoms with Crippen LogP contribution in [-0.2, 0) is 12.1 Å². The molecule has 1 aromatic carbocycles. The van der Waals surface area contributed by atoms with Crippen LogP contribution in [0, 0.1) is 0 Å². The topological polar surface area (TPSA) is 53.4 Å². The van der Waals surface area contributed by atoms with Gasteiger partial charge in [-0.15, -0.1) is 0 Å². The van der Waals surface area contributed by atoms with Gasteiger partial charge in [0, 0.05) is 18.1 Å². The van der Waals surface area contributed by atoms with Gasteiger partial charge in [0.2, 0.25) is 6.36 Å². The van der Waals surface area contributed by atoms with Crippen LogP contribution < -0.4 is 15.0 Å². The second-order valence-electron chi connectivity index (χ2n) is 6.94. The van der Waals surface area contributed by atoms with Gasteiger partial charge in [-0.1, -0.05) is 24.6 Å². The summed E-state index contributed by atoms with van der Waals surface area (Å²) in [6, 6.07) is 6.39. The molecule has 1 atom stereocenters. The molecule has 0 amide bonds. The van der Waals surface area contributed by atoms with Crippen LogP contribution in [0.2, 0.25) is 5.02 Å². The summed E-state index contributed by atoms with van der Waals surface area (Å²) in [7, 11) is 0. The maximum atomic E-state index is 13.5. The minimum atomic E-state index is -1.36. The minimum absolute atomic E-state index is 0.108. The van der Waals surface area contributed by atoms with Crippen molar-refractivity contribution in [1.82, 2.24) is 9.78 Å². The van der Waals surface area contributed by atoms with E-state index in [9.17, 15) is 9.18 Å². The Morgan fingerprint density at radius 1 is 1.31 bits per heavy atom. The zero-order valence-corrected chi connectivity index (χ0v) is 16.2. The molecule has 7 heteroatoms. The maximum Gasteiger partial charge on any atom is 0.309 e. The summed E-state index contributed by atoms with van der Waals surface area (Å²) in [5.41, 5.74) is -0.0894. The molecule has 26 heavy (non-hydrogen) atoms. The summed E-state index contributed by atoms with van der Waals surface area (Å²) in [6.45, 7) is 7.65. The molecule has 0 aliphatic rings. The monoisotopic (exact) mass is 382 g/mol. The first-order valence-electron chi connectivity index (χ1n) is 8.53. The van der Waals surface area contributed by atoms with Crippen molar-refractivity contribution < 1.29 is 13.9 Å². The molecule has 2 rings (SSSR count). The largest absolute Gasteiger partial charge is 0.483 e. The molecule has 2 aromatic rings. The molecule has 0 saturated carbocycles. The first-order chi connectivity index (χ1) is 12.2. The Balaban J connectivity index is 2.10. The number of nitrogens with zero attached hydrogens (tertiary/aromatic N) is 2. The summed E-state index contributed by atoms with van der Waals surface area (Å²) in [6.07, 6.45) is 1.19. The van der Waals surface area contributed by atoms with E-state index >= 15 is 0 Å². The number of hydrogen-bond donors (Lipinski definition) is 0. The number of halogens is 2. The van der Waals surface area contributed by atoms with Crippen LogP contribution in [0.15, 0.2) is 35.3 Å². The zero-order valence-electron chi connectivity index (χ0n) is 15.5. The maximum absolute atomic E-state index is 13.5. The number of alkyl halides is 1. The minimum Gasteiger partial charge on any atom is -0.483 e. The lowest BCUT2D eigenvalue weighted by molar-refractivity contribution is 0.0588. The van der Waals surface area contributed by atoms with E-state index in [0.29, 0.717) is 29.2 Å². The molecule has 0 radical (unpaired) electrons. The molecular formula is C19H24ClFN2O3. The summed E-state index contributed by atoms with van der Waals surface area (Å²) in [5, 5.41) is 4.47. The van der Waals surface area contributed by atoms with E-state index in [1.54, 1.807) is 18.2 Å². The van der Waals surface area contributed by atoms with Crippen LogP contribution in [0.1, 0.15) is 46.1 Å². The smallest absolute Gasteiger partial charge is 0.309 e. The van der Waals surface area contributed by atoms with Gasteiger partial charge in [0.1, 0.15) is 12.4 Å². The number of rotatable bonds is 7. The molecule has 5 nitrogen and oxygen atoms in total. The Morgan fingerprint density at radius 2 is 2.04 bits per heavy atom. The van der Waals surface area contributed by atoms with Gasteiger partial charge in [-0.3, -0.25) is 4.79 Å². The predicted molar refractivity (Wildman–Crippen MR) is 99.7 cm³/mol. The summed E-state index contributed by atoms with van der Waals surface area (Å²) >= 11 is 6.22. The highest BCUT2D eigenvalue weighted by Gasteiger charge is 2.18. The van der Waals surface area contributed by atoms with Gasteiger partial charge < -0.3 is 9.47 Å². The molecule has 0 spiro atoms. The lowest BCUT2D eigenvalue weighted by Gasteiger charge is -2.20. The van der Waals surface area contributed by atoms with Crippen molar-refractivity contribution in [2.75, 3.05) is 0 Å². The van der Waals surface area contributed by atoms with Crippen LogP contribution in [0.3, 0.4) is 0 Å². The SMILES string of the molecule is CCCC(F)Oc1ccc(COc2ccnn(C(C)(C)C)c2=O)c(Cl)c1. The quantitative estimate of drug-likeness (QED) is 0.696. The number of benzene rings is 1. The molecule has 0 aliphatic carbocycles. The number of ether oxygens (including phenoxy) is 2. The highest BCUT2D eigenvalue weighted by Crippen LogP contribution is 2.25. The Hall–Kier alpha value is -2.08. The molecule has 0 N–H and O–H groups in total. The third-order valence-corrected chi connectivity index (χ3v) is 3.99. The molecule has 1 unspecified atom stereocenters. The van der Waals surface area contributed by atoms with Crippen molar-refractivity contribution in [3.8, 4) is 11.5 Å². The van der Waals surface area contributed by atoms with E-state index in [0.717, 1.165) is 0 Å². The van der Waals surface area contributed by atoms with E-state index in [1.165, 1.54) is 16.9 Å². The zero-order chi connectivity index (χ0) is 19.3. The fourth-order valence-electron chi connectivity index (χ4n) is 2.29. The third-order valence-electron chi connectivity index (χ3n) is 3.63. The van der Waals surface area contributed by atoms with E-state index in [1.807, 2.05) is 27.7 Å².